The average molecular weight is 377 g/mol. The average Bonchev–Trinajstić information content (AvgIpc) is 2.99. The fraction of sp³-hybridized carbons (Fsp3) is 0.238. The van der Waals surface area contributed by atoms with Crippen molar-refractivity contribution < 1.29 is 19.2 Å². The number of hydrogen-bond donors (Lipinski definition) is 0. The topological polar surface area (TPSA) is 78.0 Å². The Morgan fingerprint density at radius 1 is 0.857 bits per heavy atom. The molecule has 2 aliphatic rings. The van der Waals surface area contributed by atoms with Gasteiger partial charge in [0, 0.05) is 26.2 Å². The number of carbonyl (C=O) groups excluding carboxylic acids is 4. The first-order valence-corrected chi connectivity index (χ1v) is 9.12. The lowest BCUT2D eigenvalue weighted by atomic mass is 10.1. The van der Waals surface area contributed by atoms with E-state index in [1.54, 1.807) is 58.3 Å². The van der Waals surface area contributed by atoms with Crippen molar-refractivity contribution in [2.75, 3.05) is 31.1 Å². The van der Waals surface area contributed by atoms with E-state index in [9.17, 15) is 19.2 Å². The van der Waals surface area contributed by atoms with Gasteiger partial charge in [-0.15, -0.1) is 0 Å². The number of benzene rings is 2. The molecule has 7 nitrogen and oxygen atoms in total. The molecule has 0 spiro atoms. The molecule has 4 rings (SSSR count). The van der Waals surface area contributed by atoms with E-state index in [4.69, 9.17) is 0 Å². The molecule has 0 bridgehead atoms. The number of hydrogen-bond acceptors (Lipinski definition) is 4. The summed E-state index contributed by atoms with van der Waals surface area (Å²) >= 11 is 0. The van der Waals surface area contributed by atoms with Gasteiger partial charge in [0.15, 0.2) is 0 Å². The first-order chi connectivity index (χ1) is 13.6. The molecule has 0 aliphatic carbocycles. The molecule has 0 atom stereocenters. The Labute approximate surface area is 162 Å². The second kappa shape index (κ2) is 7.26. The smallest absolute Gasteiger partial charge is 0.266 e. The molecule has 2 heterocycles. The summed E-state index contributed by atoms with van der Waals surface area (Å²) in [7, 11) is 0. The number of carbonyl (C=O) groups is 4. The Morgan fingerprint density at radius 2 is 1.43 bits per heavy atom. The molecule has 142 valence electrons. The van der Waals surface area contributed by atoms with Crippen LogP contribution in [0.1, 0.15) is 26.3 Å². The van der Waals surface area contributed by atoms with Crippen LogP contribution in [0.3, 0.4) is 0 Å². The van der Waals surface area contributed by atoms with Crippen LogP contribution >= 0.6 is 0 Å². The molecule has 1 fully saturated rings. The molecular formula is C21H19N3O4. The summed E-state index contributed by atoms with van der Waals surface area (Å²) in [5.74, 6) is -0.672. The largest absolute Gasteiger partial charge is 0.342 e. The SMILES string of the molecule is O=CN1CCN(C(=O)Cc2ccc(N3C(=O)c4ccccc4C3=O)cc2)CC1. The van der Waals surface area contributed by atoms with Crippen LogP contribution < -0.4 is 4.90 Å². The number of anilines is 1. The zero-order valence-electron chi connectivity index (χ0n) is 15.2. The van der Waals surface area contributed by atoms with Crippen LogP contribution in [0.4, 0.5) is 5.69 Å². The maximum atomic E-state index is 12.5. The van der Waals surface area contributed by atoms with E-state index in [-0.39, 0.29) is 24.1 Å². The Bertz CT molecular complexity index is 911. The fourth-order valence-electron chi connectivity index (χ4n) is 3.55. The highest BCUT2D eigenvalue weighted by Crippen LogP contribution is 2.28. The van der Waals surface area contributed by atoms with Crippen LogP contribution in [-0.2, 0) is 16.0 Å². The molecule has 0 unspecified atom stereocenters. The highest BCUT2D eigenvalue weighted by Gasteiger charge is 2.36. The van der Waals surface area contributed by atoms with Gasteiger partial charge in [-0.3, -0.25) is 19.2 Å². The van der Waals surface area contributed by atoms with Crippen molar-refractivity contribution in [2.45, 2.75) is 6.42 Å². The second-order valence-electron chi connectivity index (χ2n) is 6.86. The Balaban J connectivity index is 1.44. The number of rotatable bonds is 4. The summed E-state index contributed by atoms with van der Waals surface area (Å²) in [6.45, 7) is 2.16. The fourth-order valence-corrected chi connectivity index (χ4v) is 3.55. The van der Waals surface area contributed by atoms with Gasteiger partial charge in [-0.2, -0.15) is 0 Å². The number of nitrogens with zero attached hydrogens (tertiary/aromatic N) is 3. The van der Waals surface area contributed by atoms with E-state index in [1.165, 1.54) is 0 Å². The van der Waals surface area contributed by atoms with E-state index < -0.39 is 0 Å². The van der Waals surface area contributed by atoms with Gasteiger partial charge in [0.05, 0.1) is 23.2 Å². The molecule has 1 saturated heterocycles. The number of fused-ring (bicyclic) bond motifs is 1. The van der Waals surface area contributed by atoms with Crippen LogP contribution in [0, 0.1) is 0 Å². The van der Waals surface area contributed by atoms with E-state index >= 15 is 0 Å². The minimum Gasteiger partial charge on any atom is -0.342 e. The van der Waals surface area contributed by atoms with Crippen molar-refractivity contribution in [1.82, 2.24) is 9.80 Å². The molecule has 28 heavy (non-hydrogen) atoms. The summed E-state index contributed by atoms with van der Waals surface area (Å²) in [5.41, 5.74) is 2.10. The van der Waals surface area contributed by atoms with E-state index in [0.717, 1.165) is 16.9 Å². The highest BCUT2D eigenvalue weighted by atomic mass is 16.2. The molecule has 0 N–H and O–H groups in total. The van der Waals surface area contributed by atoms with Crippen LogP contribution in [0.5, 0.6) is 0 Å². The molecule has 2 aromatic carbocycles. The summed E-state index contributed by atoms with van der Waals surface area (Å²) in [6, 6.07) is 13.7. The van der Waals surface area contributed by atoms with Gasteiger partial charge in [-0.1, -0.05) is 24.3 Å². The molecule has 0 aromatic heterocycles. The minimum atomic E-state index is -0.336. The molecular weight excluding hydrogens is 358 g/mol. The monoisotopic (exact) mass is 377 g/mol. The molecule has 7 heteroatoms. The standard InChI is InChI=1S/C21H19N3O4/c25-14-22-9-11-23(12-10-22)19(26)13-15-5-7-16(8-6-15)24-20(27)17-3-1-2-4-18(17)21(24)28/h1-8,14H,9-13H2. The quantitative estimate of drug-likeness (QED) is 0.595. The Morgan fingerprint density at radius 3 is 1.96 bits per heavy atom. The van der Waals surface area contributed by atoms with Crippen molar-refractivity contribution in [3.63, 3.8) is 0 Å². The first kappa shape index (κ1) is 17.9. The third-order valence-electron chi connectivity index (χ3n) is 5.16. The van der Waals surface area contributed by atoms with Crippen molar-refractivity contribution in [2.24, 2.45) is 0 Å². The van der Waals surface area contributed by atoms with Crippen molar-refractivity contribution in [3.8, 4) is 0 Å². The molecule has 2 aliphatic heterocycles. The van der Waals surface area contributed by atoms with Gasteiger partial charge in [0.2, 0.25) is 12.3 Å². The summed E-state index contributed by atoms with van der Waals surface area (Å²) in [4.78, 5) is 52.9. The van der Waals surface area contributed by atoms with Crippen LogP contribution in [-0.4, -0.2) is 60.1 Å². The van der Waals surface area contributed by atoms with Crippen LogP contribution in [0.2, 0.25) is 0 Å². The lowest BCUT2D eigenvalue weighted by Gasteiger charge is -2.32. The Kier molecular flexibility index (Phi) is 4.65. The van der Waals surface area contributed by atoms with Gasteiger partial charge in [-0.05, 0) is 29.8 Å². The summed E-state index contributed by atoms with van der Waals surface area (Å²) in [5, 5.41) is 0. The predicted octanol–water partition coefficient (Wildman–Crippen LogP) is 1.33. The third kappa shape index (κ3) is 3.15. The summed E-state index contributed by atoms with van der Waals surface area (Å²) < 4.78 is 0. The van der Waals surface area contributed by atoms with Crippen molar-refractivity contribution in [3.05, 3.63) is 65.2 Å². The van der Waals surface area contributed by atoms with Gasteiger partial charge in [0.1, 0.15) is 0 Å². The molecule has 0 radical (unpaired) electrons. The normalized spacial score (nSPS) is 16.4. The second-order valence-corrected chi connectivity index (χ2v) is 6.86. The van der Waals surface area contributed by atoms with Gasteiger partial charge >= 0.3 is 0 Å². The zero-order valence-corrected chi connectivity index (χ0v) is 15.2. The van der Waals surface area contributed by atoms with E-state index in [2.05, 4.69) is 0 Å². The molecule has 4 amide bonds. The minimum absolute atomic E-state index is 0.000899. The molecule has 0 saturated carbocycles. The highest BCUT2D eigenvalue weighted by molar-refractivity contribution is 6.34. The van der Waals surface area contributed by atoms with Crippen LogP contribution in [0.15, 0.2) is 48.5 Å². The summed E-state index contributed by atoms with van der Waals surface area (Å²) in [6.07, 6.45) is 1.04. The van der Waals surface area contributed by atoms with E-state index in [1.807, 2.05) is 0 Å². The van der Waals surface area contributed by atoms with Crippen molar-refractivity contribution in [1.29, 1.82) is 0 Å². The maximum absolute atomic E-state index is 12.5. The zero-order chi connectivity index (χ0) is 19.7. The van der Waals surface area contributed by atoms with Gasteiger partial charge in [0.25, 0.3) is 11.8 Å². The van der Waals surface area contributed by atoms with Crippen molar-refractivity contribution >= 4 is 29.8 Å². The third-order valence-corrected chi connectivity index (χ3v) is 5.16. The predicted molar refractivity (Wildman–Crippen MR) is 102 cm³/mol. The lowest BCUT2D eigenvalue weighted by Crippen LogP contribution is -2.48. The Hall–Kier alpha value is -3.48. The lowest BCUT2D eigenvalue weighted by molar-refractivity contribution is -0.134. The number of piperazine rings is 1. The van der Waals surface area contributed by atoms with Gasteiger partial charge < -0.3 is 9.80 Å². The van der Waals surface area contributed by atoms with Crippen LogP contribution in [0.25, 0.3) is 0 Å². The number of imide groups is 1. The van der Waals surface area contributed by atoms with E-state index in [0.29, 0.717) is 43.0 Å². The maximum Gasteiger partial charge on any atom is 0.266 e. The number of amides is 4. The first-order valence-electron chi connectivity index (χ1n) is 9.12. The molecule has 2 aromatic rings. The van der Waals surface area contributed by atoms with Gasteiger partial charge in [-0.25, -0.2) is 4.90 Å².